The van der Waals surface area contributed by atoms with E-state index in [4.69, 9.17) is 0 Å². The molecular formula is C15H11BrN4O. The number of aromatic nitrogens is 3. The fourth-order valence-electron chi connectivity index (χ4n) is 1.96. The smallest absolute Gasteiger partial charge is 0.256 e. The molecule has 21 heavy (non-hydrogen) atoms. The number of amides is 1. The van der Waals surface area contributed by atoms with Gasteiger partial charge in [0.15, 0.2) is 0 Å². The van der Waals surface area contributed by atoms with Crippen molar-refractivity contribution in [3.05, 3.63) is 58.5 Å². The molecule has 0 unspecified atom stereocenters. The number of hydrogen-bond acceptors (Lipinski definition) is 4. The first-order valence-electron chi connectivity index (χ1n) is 6.28. The van der Waals surface area contributed by atoms with Crippen LogP contribution >= 0.6 is 15.9 Å². The van der Waals surface area contributed by atoms with Gasteiger partial charge in [0.05, 0.1) is 11.0 Å². The molecule has 0 saturated heterocycles. The number of nitrogens with zero attached hydrogens (tertiary/aromatic N) is 3. The number of carbonyl (C=O) groups is 1. The predicted octanol–water partition coefficient (Wildman–Crippen LogP) is 3.35. The van der Waals surface area contributed by atoms with Crippen LogP contribution in [0.4, 0.5) is 5.82 Å². The van der Waals surface area contributed by atoms with Crippen molar-refractivity contribution in [2.45, 2.75) is 6.92 Å². The fourth-order valence-corrected chi connectivity index (χ4v) is 2.40. The Morgan fingerprint density at radius 1 is 1.10 bits per heavy atom. The quantitative estimate of drug-likeness (QED) is 0.775. The van der Waals surface area contributed by atoms with Crippen molar-refractivity contribution in [2.75, 3.05) is 5.32 Å². The molecule has 2 heterocycles. The number of halogens is 1. The third-order valence-corrected chi connectivity index (χ3v) is 3.44. The summed E-state index contributed by atoms with van der Waals surface area (Å²) in [7, 11) is 0. The van der Waals surface area contributed by atoms with E-state index in [1.807, 2.05) is 13.0 Å². The van der Waals surface area contributed by atoms with Gasteiger partial charge in [0.25, 0.3) is 5.91 Å². The lowest BCUT2D eigenvalue weighted by molar-refractivity contribution is 0.102. The summed E-state index contributed by atoms with van der Waals surface area (Å²) in [6.45, 7) is 1.89. The molecule has 0 radical (unpaired) electrons. The predicted molar refractivity (Wildman–Crippen MR) is 84.2 cm³/mol. The Morgan fingerprint density at radius 3 is 2.62 bits per heavy atom. The molecule has 2 aromatic heterocycles. The van der Waals surface area contributed by atoms with Gasteiger partial charge in [-0.15, -0.1) is 0 Å². The zero-order valence-electron chi connectivity index (χ0n) is 11.2. The summed E-state index contributed by atoms with van der Waals surface area (Å²) in [5, 5.41) is 2.80. The summed E-state index contributed by atoms with van der Waals surface area (Å²) < 4.78 is 0.874. The van der Waals surface area contributed by atoms with E-state index in [0.29, 0.717) is 16.9 Å². The van der Waals surface area contributed by atoms with Gasteiger partial charge in [-0.3, -0.25) is 14.8 Å². The van der Waals surface area contributed by atoms with Gasteiger partial charge in [0.1, 0.15) is 5.82 Å². The molecule has 0 saturated carbocycles. The molecule has 0 aliphatic heterocycles. The van der Waals surface area contributed by atoms with Crippen LogP contribution in [0.15, 0.2) is 47.3 Å². The number of hydrogen-bond donors (Lipinski definition) is 1. The highest BCUT2D eigenvalue weighted by Gasteiger charge is 2.10. The summed E-state index contributed by atoms with van der Waals surface area (Å²) in [4.78, 5) is 24.9. The average Bonchev–Trinajstić information content (AvgIpc) is 2.49. The lowest BCUT2D eigenvalue weighted by Crippen LogP contribution is -2.14. The van der Waals surface area contributed by atoms with Crippen LogP contribution in [0.1, 0.15) is 15.9 Å². The van der Waals surface area contributed by atoms with E-state index in [1.54, 1.807) is 36.8 Å². The molecule has 3 rings (SSSR count). The number of fused-ring (bicyclic) bond motifs is 1. The van der Waals surface area contributed by atoms with E-state index in [0.717, 1.165) is 15.6 Å². The van der Waals surface area contributed by atoms with Gasteiger partial charge in [-0.25, -0.2) is 4.98 Å². The molecule has 1 amide bonds. The van der Waals surface area contributed by atoms with Crippen LogP contribution in [0.5, 0.6) is 0 Å². The van der Waals surface area contributed by atoms with Crippen LogP contribution < -0.4 is 5.32 Å². The zero-order valence-corrected chi connectivity index (χ0v) is 12.8. The number of benzene rings is 1. The molecule has 3 aromatic rings. The number of nitrogens with one attached hydrogen (secondary N) is 1. The number of pyridine rings is 1. The maximum absolute atomic E-state index is 12.3. The fraction of sp³-hybridized carbons (Fsp3) is 0.0667. The largest absolute Gasteiger partial charge is 0.306 e. The molecule has 6 heteroatoms. The normalized spacial score (nSPS) is 10.6. The molecule has 0 fully saturated rings. The molecular weight excluding hydrogens is 332 g/mol. The number of anilines is 1. The summed E-state index contributed by atoms with van der Waals surface area (Å²) >= 11 is 3.34. The minimum Gasteiger partial charge on any atom is -0.306 e. The van der Waals surface area contributed by atoms with Crippen LogP contribution in [-0.2, 0) is 0 Å². The molecule has 0 aliphatic carbocycles. The van der Waals surface area contributed by atoms with E-state index in [9.17, 15) is 4.79 Å². The number of aryl methyl sites for hydroxylation is 1. The minimum absolute atomic E-state index is 0.222. The number of rotatable bonds is 2. The Kier molecular flexibility index (Phi) is 3.62. The summed E-state index contributed by atoms with van der Waals surface area (Å²) in [6.07, 6.45) is 4.87. The average molecular weight is 343 g/mol. The molecule has 0 atom stereocenters. The standard InChI is InChI=1S/C15H11BrN4O/c1-9-6-11(16)8-19-14(9)20-15(21)10-2-3-12-13(7-10)18-5-4-17-12/h2-8H,1H3,(H,19,20,21). The van der Waals surface area contributed by atoms with Crippen LogP contribution in [0.25, 0.3) is 11.0 Å². The summed E-state index contributed by atoms with van der Waals surface area (Å²) in [5.74, 6) is 0.322. The van der Waals surface area contributed by atoms with Crippen molar-refractivity contribution in [1.29, 1.82) is 0 Å². The van der Waals surface area contributed by atoms with Crippen LogP contribution in [0.3, 0.4) is 0 Å². The Morgan fingerprint density at radius 2 is 1.86 bits per heavy atom. The lowest BCUT2D eigenvalue weighted by atomic mass is 10.1. The van der Waals surface area contributed by atoms with Gasteiger partial charge in [-0.1, -0.05) is 0 Å². The van der Waals surface area contributed by atoms with Gasteiger partial charge in [-0.05, 0) is 52.7 Å². The first-order chi connectivity index (χ1) is 10.1. The van der Waals surface area contributed by atoms with E-state index >= 15 is 0 Å². The molecule has 0 aliphatic rings. The Balaban J connectivity index is 1.89. The third kappa shape index (κ3) is 2.90. The van der Waals surface area contributed by atoms with Crippen molar-refractivity contribution in [2.24, 2.45) is 0 Å². The van der Waals surface area contributed by atoms with Gasteiger partial charge in [-0.2, -0.15) is 0 Å². The van der Waals surface area contributed by atoms with E-state index in [-0.39, 0.29) is 5.91 Å². The Hall–Kier alpha value is -2.34. The van der Waals surface area contributed by atoms with E-state index in [2.05, 4.69) is 36.2 Å². The molecule has 0 bridgehead atoms. The molecule has 5 nitrogen and oxygen atoms in total. The van der Waals surface area contributed by atoms with Crippen LogP contribution in [-0.4, -0.2) is 20.9 Å². The van der Waals surface area contributed by atoms with Crippen molar-refractivity contribution in [3.8, 4) is 0 Å². The molecule has 1 aromatic carbocycles. The summed E-state index contributed by atoms with van der Waals surface area (Å²) in [6, 6.07) is 7.11. The summed E-state index contributed by atoms with van der Waals surface area (Å²) in [5.41, 5.74) is 2.85. The molecule has 104 valence electrons. The second kappa shape index (κ2) is 5.57. The van der Waals surface area contributed by atoms with Gasteiger partial charge < -0.3 is 5.32 Å². The highest BCUT2D eigenvalue weighted by atomic mass is 79.9. The lowest BCUT2D eigenvalue weighted by Gasteiger charge is -2.08. The first-order valence-corrected chi connectivity index (χ1v) is 7.07. The highest BCUT2D eigenvalue weighted by molar-refractivity contribution is 9.10. The molecule has 0 spiro atoms. The first kappa shape index (κ1) is 13.6. The molecule has 1 N–H and O–H groups in total. The second-order valence-corrected chi connectivity index (χ2v) is 5.45. The van der Waals surface area contributed by atoms with Crippen molar-refractivity contribution < 1.29 is 4.79 Å². The Labute approximate surface area is 129 Å². The van der Waals surface area contributed by atoms with E-state index in [1.165, 1.54) is 0 Å². The monoisotopic (exact) mass is 342 g/mol. The van der Waals surface area contributed by atoms with Crippen molar-refractivity contribution in [3.63, 3.8) is 0 Å². The van der Waals surface area contributed by atoms with Crippen molar-refractivity contribution in [1.82, 2.24) is 15.0 Å². The number of carbonyl (C=O) groups excluding carboxylic acids is 1. The minimum atomic E-state index is -0.222. The van der Waals surface area contributed by atoms with Gasteiger partial charge in [0.2, 0.25) is 0 Å². The maximum Gasteiger partial charge on any atom is 0.256 e. The SMILES string of the molecule is Cc1cc(Br)cnc1NC(=O)c1ccc2nccnc2c1. The van der Waals surface area contributed by atoms with Crippen molar-refractivity contribution >= 4 is 38.7 Å². The Bertz CT molecular complexity index is 835. The van der Waals surface area contributed by atoms with Crippen LogP contribution in [0, 0.1) is 6.92 Å². The topological polar surface area (TPSA) is 67.8 Å². The second-order valence-electron chi connectivity index (χ2n) is 4.53. The maximum atomic E-state index is 12.3. The van der Waals surface area contributed by atoms with E-state index < -0.39 is 0 Å². The van der Waals surface area contributed by atoms with Gasteiger partial charge in [0, 0.05) is 28.6 Å². The zero-order chi connectivity index (χ0) is 14.8. The highest BCUT2D eigenvalue weighted by Crippen LogP contribution is 2.18. The van der Waals surface area contributed by atoms with Crippen LogP contribution in [0.2, 0.25) is 0 Å². The van der Waals surface area contributed by atoms with Gasteiger partial charge >= 0.3 is 0 Å². The third-order valence-electron chi connectivity index (χ3n) is 3.01.